The Labute approximate surface area is 119 Å². The molecule has 0 atom stereocenters. The number of alkyl halides is 3. The number of rotatable bonds is 1. The van der Waals surface area contributed by atoms with Crippen molar-refractivity contribution in [2.45, 2.75) is 31.5 Å². The number of piperidine rings is 1. The number of aromatic hydroxyl groups is 1. The lowest BCUT2D eigenvalue weighted by atomic mass is 9.90. The van der Waals surface area contributed by atoms with Gasteiger partial charge in [-0.15, -0.1) is 0 Å². The van der Waals surface area contributed by atoms with E-state index in [0.717, 1.165) is 0 Å². The molecule has 0 aliphatic carbocycles. The fraction of sp³-hybridized carbons (Fsp3) is 0.500. The summed E-state index contributed by atoms with van der Waals surface area (Å²) < 4.78 is 38.1. The molecule has 1 saturated heterocycles. The molecule has 0 saturated carbocycles. The van der Waals surface area contributed by atoms with Gasteiger partial charge < -0.3 is 15.1 Å². The predicted molar refractivity (Wildman–Crippen MR) is 69.0 cm³/mol. The molecule has 1 aliphatic rings. The molecule has 0 spiro atoms. The number of amides is 1. The number of carbonyl (C=O) groups is 1. The van der Waals surface area contributed by atoms with Crippen molar-refractivity contribution in [1.29, 1.82) is 0 Å². The number of carbonyl (C=O) groups excluding carboxylic acids is 1. The zero-order chi connectivity index (χ0) is 15.8. The summed E-state index contributed by atoms with van der Waals surface area (Å²) in [6.07, 6.45) is -5.82. The molecule has 1 heterocycles. The second-order valence-corrected chi connectivity index (χ2v) is 5.29. The van der Waals surface area contributed by atoms with Crippen LogP contribution in [0, 0.1) is 6.92 Å². The monoisotopic (exact) mass is 303 g/mol. The Morgan fingerprint density at radius 3 is 2.38 bits per heavy atom. The molecule has 7 heteroatoms. The minimum absolute atomic E-state index is 0.0625. The van der Waals surface area contributed by atoms with Crippen molar-refractivity contribution >= 4 is 5.91 Å². The van der Waals surface area contributed by atoms with E-state index in [0.29, 0.717) is 5.56 Å². The number of hydrogen-bond acceptors (Lipinski definition) is 3. The standard InChI is InChI=1S/C14H16F3NO3/c1-9-3-2-4-10(11(9)19)12(20)18-7-5-13(21,6-8-18)14(15,16)17/h2-4,19,21H,5-8H2,1H3. The number of likely N-dealkylation sites (tertiary alicyclic amines) is 1. The number of phenolic OH excluding ortho intramolecular Hbond substituents is 1. The normalized spacial score (nSPS) is 18.6. The Bertz CT molecular complexity index is 549. The summed E-state index contributed by atoms with van der Waals surface area (Å²) in [6.45, 7) is 1.22. The van der Waals surface area contributed by atoms with E-state index in [1.165, 1.54) is 11.0 Å². The smallest absolute Gasteiger partial charge is 0.417 e. The van der Waals surface area contributed by atoms with E-state index < -0.39 is 30.5 Å². The molecule has 1 aromatic carbocycles. The molecule has 21 heavy (non-hydrogen) atoms. The van der Waals surface area contributed by atoms with Crippen LogP contribution in [0.25, 0.3) is 0 Å². The molecule has 2 N–H and O–H groups in total. The third-order valence-electron chi connectivity index (χ3n) is 3.87. The first-order chi connectivity index (χ1) is 9.66. The molecule has 0 aromatic heterocycles. The maximum Gasteiger partial charge on any atom is 0.417 e. The third kappa shape index (κ3) is 2.83. The fourth-order valence-electron chi connectivity index (χ4n) is 2.37. The Morgan fingerprint density at radius 2 is 1.86 bits per heavy atom. The number of nitrogens with zero attached hydrogens (tertiary/aromatic N) is 1. The first kappa shape index (κ1) is 15.6. The second-order valence-electron chi connectivity index (χ2n) is 5.29. The lowest BCUT2D eigenvalue weighted by Crippen LogP contribution is -2.54. The number of aliphatic hydroxyl groups is 1. The fourth-order valence-corrected chi connectivity index (χ4v) is 2.37. The second kappa shape index (κ2) is 5.22. The van der Waals surface area contributed by atoms with E-state index in [4.69, 9.17) is 0 Å². The molecule has 1 fully saturated rings. The highest BCUT2D eigenvalue weighted by molar-refractivity contribution is 5.97. The van der Waals surface area contributed by atoms with Crippen molar-refractivity contribution < 1.29 is 28.2 Å². The summed E-state index contributed by atoms with van der Waals surface area (Å²) in [5, 5.41) is 19.4. The van der Waals surface area contributed by atoms with Gasteiger partial charge >= 0.3 is 6.18 Å². The van der Waals surface area contributed by atoms with Crippen LogP contribution in [-0.2, 0) is 0 Å². The predicted octanol–water partition coefficient (Wildman–Crippen LogP) is 2.23. The average Bonchev–Trinajstić information content (AvgIpc) is 2.41. The van der Waals surface area contributed by atoms with Crippen molar-refractivity contribution in [3.8, 4) is 5.75 Å². The number of aryl methyl sites for hydroxylation is 1. The largest absolute Gasteiger partial charge is 0.507 e. The van der Waals surface area contributed by atoms with Crippen LogP contribution in [0.1, 0.15) is 28.8 Å². The van der Waals surface area contributed by atoms with Crippen LogP contribution in [0.15, 0.2) is 18.2 Å². The number of halogens is 3. The summed E-state index contributed by atoms with van der Waals surface area (Å²) in [5.74, 6) is -0.695. The van der Waals surface area contributed by atoms with Crippen LogP contribution in [0.5, 0.6) is 5.75 Å². The maximum absolute atomic E-state index is 12.7. The summed E-state index contributed by atoms with van der Waals surface area (Å²) in [4.78, 5) is 13.5. The maximum atomic E-state index is 12.7. The van der Waals surface area contributed by atoms with Gasteiger partial charge in [-0.3, -0.25) is 4.79 Å². The molecular weight excluding hydrogens is 287 g/mol. The van der Waals surface area contributed by atoms with Crippen LogP contribution in [-0.4, -0.2) is 45.9 Å². The quantitative estimate of drug-likeness (QED) is 0.836. The summed E-state index contributed by atoms with van der Waals surface area (Å²) in [6, 6.07) is 4.65. The Morgan fingerprint density at radius 1 is 1.29 bits per heavy atom. The molecule has 0 radical (unpaired) electrons. The van der Waals surface area contributed by atoms with Crippen LogP contribution < -0.4 is 0 Å². The SMILES string of the molecule is Cc1cccc(C(=O)N2CCC(O)(C(F)(F)F)CC2)c1O. The number of benzene rings is 1. The van der Waals surface area contributed by atoms with Gasteiger partial charge in [-0.1, -0.05) is 12.1 Å². The van der Waals surface area contributed by atoms with Crippen LogP contribution in [0.2, 0.25) is 0 Å². The van der Waals surface area contributed by atoms with Gasteiger partial charge in [0.15, 0.2) is 5.60 Å². The molecular formula is C14H16F3NO3. The summed E-state index contributed by atoms with van der Waals surface area (Å²) >= 11 is 0. The highest BCUT2D eigenvalue weighted by Crippen LogP contribution is 2.38. The van der Waals surface area contributed by atoms with Gasteiger partial charge in [-0.25, -0.2) is 0 Å². The van der Waals surface area contributed by atoms with Crippen molar-refractivity contribution in [1.82, 2.24) is 4.90 Å². The van der Waals surface area contributed by atoms with Gasteiger partial charge in [-0.2, -0.15) is 13.2 Å². The van der Waals surface area contributed by atoms with Gasteiger partial charge in [0.1, 0.15) is 5.75 Å². The highest BCUT2D eigenvalue weighted by atomic mass is 19.4. The first-order valence-electron chi connectivity index (χ1n) is 6.53. The number of phenols is 1. The van der Waals surface area contributed by atoms with Crippen LogP contribution in [0.3, 0.4) is 0 Å². The topological polar surface area (TPSA) is 60.8 Å². The zero-order valence-electron chi connectivity index (χ0n) is 11.4. The Kier molecular flexibility index (Phi) is 3.88. The highest BCUT2D eigenvalue weighted by Gasteiger charge is 2.54. The van der Waals surface area contributed by atoms with Crippen molar-refractivity contribution in [2.24, 2.45) is 0 Å². The Balaban J connectivity index is 2.13. The van der Waals surface area contributed by atoms with Crippen LogP contribution >= 0.6 is 0 Å². The molecule has 4 nitrogen and oxygen atoms in total. The average molecular weight is 303 g/mol. The third-order valence-corrected chi connectivity index (χ3v) is 3.87. The molecule has 1 aliphatic heterocycles. The van der Waals surface area contributed by atoms with Gasteiger partial charge in [0.25, 0.3) is 5.91 Å². The van der Waals surface area contributed by atoms with Gasteiger partial charge in [0.05, 0.1) is 5.56 Å². The zero-order valence-corrected chi connectivity index (χ0v) is 11.4. The van der Waals surface area contributed by atoms with E-state index >= 15 is 0 Å². The number of para-hydroxylation sites is 1. The van der Waals surface area contributed by atoms with E-state index in [-0.39, 0.29) is 24.4 Å². The van der Waals surface area contributed by atoms with E-state index in [2.05, 4.69) is 0 Å². The lowest BCUT2D eigenvalue weighted by Gasteiger charge is -2.39. The molecule has 116 valence electrons. The van der Waals surface area contributed by atoms with E-state index in [1.807, 2.05) is 0 Å². The minimum Gasteiger partial charge on any atom is -0.507 e. The number of hydrogen-bond donors (Lipinski definition) is 2. The summed E-state index contributed by atoms with van der Waals surface area (Å²) in [7, 11) is 0. The molecule has 0 bridgehead atoms. The van der Waals surface area contributed by atoms with Crippen molar-refractivity contribution in [3.05, 3.63) is 29.3 Å². The molecule has 1 amide bonds. The minimum atomic E-state index is -4.70. The molecule has 0 unspecified atom stereocenters. The molecule has 2 rings (SSSR count). The van der Waals surface area contributed by atoms with Crippen LogP contribution in [0.4, 0.5) is 13.2 Å². The van der Waals surface area contributed by atoms with Gasteiger partial charge in [0.2, 0.25) is 0 Å². The Hall–Kier alpha value is -1.76. The van der Waals surface area contributed by atoms with Gasteiger partial charge in [-0.05, 0) is 18.6 Å². The van der Waals surface area contributed by atoms with Crippen molar-refractivity contribution in [3.63, 3.8) is 0 Å². The van der Waals surface area contributed by atoms with E-state index in [1.54, 1.807) is 19.1 Å². The van der Waals surface area contributed by atoms with Gasteiger partial charge in [0, 0.05) is 25.9 Å². The van der Waals surface area contributed by atoms with E-state index in [9.17, 15) is 28.2 Å². The summed E-state index contributed by atoms with van der Waals surface area (Å²) in [5.41, 5.74) is -2.16. The lowest BCUT2D eigenvalue weighted by molar-refractivity contribution is -0.271. The first-order valence-corrected chi connectivity index (χ1v) is 6.53. The van der Waals surface area contributed by atoms with Crippen molar-refractivity contribution in [2.75, 3.05) is 13.1 Å². The molecule has 1 aromatic rings.